The van der Waals surface area contributed by atoms with Crippen molar-refractivity contribution < 1.29 is 4.79 Å². The van der Waals surface area contributed by atoms with Gasteiger partial charge in [-0.05, 0) is 0 Å². The van der Waals surface area contributed by atoms with Crippen LogP contribution in [0.4, 0.5) is 5.95 Å². The van der Waals surface area contributed by atoms with Gasteiger partial charge in [0.1, 0.15) is 0 Å². The van der Waals surface area contributed by atoms with Crippen molar-refractivity contribution in [3.8, 4) is 0 Å². The molecule has 0 aliphatic carbocycles. The van der Waals surface area contributed by atoms with Gasteiger partial charge in [-0.25, -0.2) is 4.98 Å². The van der Waals surface area contributed by atoms with Gasteiger partial charge in [-0.15, -0.1) is 0 Å². The smallest absolute Gasteiger partial charge is 0.280 e. The van der Waals surface area contributed by atoms with E-state index in [1.54, 1.807) is 11.6 Å². The van der Waals surface area contributed by atoms with Gasteiger partial charge >= 0.3 is 0 Å². The fraction of sp³-hybridized carbons (Fsp3) is 0.143. The number of aryl methyl sites for hydroxylation is 1. The van der Waals surface area contributed by atoms with Gasteiger partial charge in [-0.1, -0.05) is 0 Å². The normalized spacial score (nSPS) is 10.4. The molecule has 0 fully saturated rings. The molecule has 72 valence electrons. The van der Waals surface area contributed by atoms with Crippen LogP contribution in [-0.2, 0) is 11.8 Å². The summed E-state index contributed by atoms with van der Waals surface area (Å²) in [6.45, 7) is 0. The Balaban J connectivity index is 2.75. The molecule has 0 radical (unpaired) electrons. The average Bonchev–Trinajstić information content (AvgIpc) is 2.49. The summed E-state index contributed by atoms with van der Waals surface area (Å²) in [5.74, 6) is 0.112. The van der Waals surface area contributed by atoms with Crippen molar-refractivity contribution in [3.63, 3.8) is 0 Å². The number of H-pyrrole nitrogens is 1. The zero-order chi connectivity index (χ0) is 10.1. The van der Waals surface area contributed by atoms with E-state index in [4.69, 9.17) is 0 Å². The summed E-state index contributed by atoms with van der Waals surface area (Å²) in [6.07, 6.45) is 1.93. The van der Waals surface area contributed by atoms with Crippen molar-refractivity contribution in [1.29, 1.82) is 0 Å². The number of carbonyl (C=O) groups is 1. The van der Waals surface area contributed by atoms with Crippen LogP contribution in [0.5, 0.6) is 0 Å². The second-order valence-corrected chi connectivity index (χ2v) is 2.70. The molecule has 2 rings (SSSR count). The standard InChI is InChI=1S/C7H7N5O2/c1-12-2-8-4-5(12)10-7(9-3-13)11-6(4)14/h2-3H,1H3,(H2,9,10,11,13,14). The van der Waals surface area contributed by atoms with E-state index in [1.807, 2.05) is 0 Å². The fourth-order valence-corrected chi connectivity index (χ4v) is 1.14. The van der Waals surface area contributed by atoms with Crippen LogP contribution in [0.2, 0.25) is 0 Å². The van der Waals surface area contributed by atoms with E-state index >= 15 is 0 Å². The molecule has 0 unspecified atom stereocenters. The van der Waals surface area contributed by atoms with Crippen LogP contribution < -0.4 is 10.9 Å². The first kappa shape index (κ1) is 8.42. The van der Waals surface area contributed by atoms with Gasteiger partial charge in [-0.2, -0.15) is 4.98 Å². The number of rotatable bonds is 2. The second-order valence-electron chi connectivity index (χ2n) is 2.70. The molecule has 7 nitrogen and oxygen atoms in total. The lowest BCUT2D eigenvalue weighted by atomic mass is 10.5. The topological polar surface area (TPSA) is 92.7 Å². The molecule has 2 N–H and O–H groups in total. The van der Waals surface area contributed by atoms with Gasteiger partial charge in [0.15, 0.2) is 11.2 Å². The highest BCUT2D eigenvalue weighted by atomic mass is 16.1. The Bertz CT molecular complexity index is 540. The van der Waals surface area contributed by atoms with Crippen LogP contribution in [0, 0.1) is 0 Å². The number of aromatic amines is 1. The number of anilines is 1. The summed E-state index contributed by atoms with van der Waals surface area (Å²) in [7, 11) is 1.71. The highest BCUT2D eigenvalue weighted by Crippen LogP contribution is 2.04. The molecular weight excluding hydrogens is 186 g/mol. The third-order valence-electron chi connectivity index (χ3n) is 1.77. The lowest BCUT2D eigenvalue weighted by Gasteiger charge is -1.97. The molecule has 0 saturated carbocycles. The van der Waals surface area contributed by atoms with E-state index < -0.39 is 0 Å². The van der Waals surface area contributed by atoms with Crippen molar-refractivity contribution in [2.24, 2.45) is 7.05 Å². The Morgan fingerprint density at radius 1 is 1.64 bits per heavy atom. The maximum absolute atomic E-state index is 11.4. The molecule has 0 atom stereocenters. The molecule has 0 bridgehead atoms. The Kier molecular flexibility index (Phi) is 1.77. The minimum absolute atomic E-state index is 0.112. The second kappa shape index (κ2) is 2.95. The molecule has 0 aromatic carbocycles. The van der Waals surface area contributed by atoms with Gasteiger partial charge < -0.3 is 4.57 Å². The average molecular weight is 193 g/mol. The third-order valence-corrected chi connectivity index (χ3v) is 1.77. The Morgan fingerprint density at radius 3 is 3.14 bits per heavy atom. The quantitative estimate of drug-likeness (QED) is 0.612. The Hall–Kier alpha value is -2.18. The number of imidazole rings is 1. The first-order chi connectivity index (χ1) is 6.72. The number of amides is 1. The number of hydrogen-bond acceptors (Lipinski definition) is 4. The van der Waals surface area contributed by atoms with E-state index in [-0.39, 0.29) is 17.0 Å². The van der Waals surface area contributed by atoms with E-state index in [2.05, 4.69) is 20.3 Å². The highest BCUT2D eigenvalue weighted by molar-refractivity contribution is 5.74. The highest BCUT2D eigenvalue weighted by Gasteiger charge is 2.07. The van der Waals surface area contributed by atoms with Crippen LogP contribution in [0.15, 0.2) is 11.1 Å². The van der Waals surface area contributed by atoms with Crippen molar-refractivity contribution in [1.82, 2.24) is 19.5 Å². The van der Waals surface area contributed by atoms with Crippen molar-refractivity contribution in [2.45, 2.75) is 0 Å². The molecule has 2 aromatic heterocycles. The van der Waals surface area contributed by atoms with Crippen LogP contribution in [-0.4, -0.2) is 25.9 Å². The minimum Gasteiger partial charge on any atom is -0.318 e. The van der Waals surface area contributed by atoms with E-state index in [1.165, 1.54) is 6.33 Å². The molecule has 0 aliphatic heterocycles. The van der Waals surface area contributed by atoms with Crippen LogP contribution >= 0.6 is 0 Å². The number of nitrogens with zero attached hydrogens (tertiary/aromatic N) is 3. The van der Waals surface area contributed by atoms with Crippen LogP contribution in [0.1, 0.15) is 0 Å². The maximum atomic E-state index is 11.4. The Morgan fingerprint density at radius 2 is 2.43 bits per heavy atom. The molecule has 2 aromatic rings. The summed E-state index contributed by atoms with van der Waals surface area (Å²) in [6, 6.07) is 0. The largest absolute Gasteiger partial charge is 0.318 e. The predicted molar refractivity (Wildman–Crippen MR) is 48.8 cm³/mol. The van der Waals surface area contributed by atoms with Gasteiger partial charge in [0, 0.05) is 7.05 Å². The molecule has 14 heavy (non-hydrogen) atoms. The monoisotopic (exact) mass is 193 g/mol. The zero-order valence-electron chi connectivity index (χ0n) is 7.31. The first-order valence-corrected chi connectivity index (χ1v) is 3.84. The lowest BCUT2D eigenvalue weighted by molar-refractivity contribution is -0.105. The summed E-state index contributed by atoms with van der Waals surface area (Å²) in [5.41, 5.74) is 0.307. The van der Waals surface area contributed by atoms with Crippen LogP contribution in [0.3, 0.4) is 0 Å². The van der Waals surface area contributed by atoms with Gasteiger partial charge in [-0.3, -0.25) is 19.9 Å². The maximum Gasteiger partial charge on any atom is 0.280 e. The summed E-state index contributed by atoms with van der Waals surface area (Å²) in [4.78, 5) is 31.7. The summed E-state index contributed by atoms with van der Waals surface area (Å²) in [5, 5.41) is 2.27. The predicted octanol–water partition coefficient (Wildman–Crippen LogP) is -0.775. The van der Waals surface area contributed by atoms with Crippen molar-refractivity contribution in [2.75, 3.05) is 5.32 Å². The number of nitrogens with one attached hydrogen (secondary N) is 2. The van der Waals surface area contributed by atoms with Crippen LogP contribution in [0.25, 0.3) is 11.2 Å². The van der Waals surface area contributed by atoms with Gasteiger partial charge in [0.2, 0.25) is 12.4 Å². The summed E-state index contributed by atoms with van der Waals surface area (Å²) < 4.78 is 1.60. The van der Waals surface area contributed by atoms with Gasteiger partial charge in [0.25, 0.3) is 5.56 Å². The molecule has 0 aliphatic rings. The number of carbonyl (C=O) groups excluding carboxylic acids is 1. The first-order valence-electron chi connectivity index (χ1n) is 3.84. The zero-order valence-corrected chi connectivity index (χ0v) is 7.31. The summed E-state index contributed by atoms with van der Waals surface area (Å²) >= 11 is 0. The molecule has 7 heteroatoms. The van der Waals surface area contributed by atoms with Gasteiger partial charge in [0.05, 0.1) is 6.33 Å². The molecule has 2 heterocycles. The lowest BCUT2D eigenvalue weighted by Crippen LogP contribution is -2.12. The fourth-order valence-electron chi connectivity index (χ4n) is 1.14. The molecule has 1 amide bonds. The number of fused-ring (bicyclic) bond motifs is 1. The Labute approximate surface area is 77.8 Å². The molecular formula is C7H7N5O2. The van der Waals surface area contributed by atoms with E-state index in [0.717, 1.165) is 0 Å². The van der Waals surface area contributed by atoms with E-state index in [0.29, 0.717) is 12.1 Å². The SMILES string of the molecule is Cn1cnc2c(=O)[nH]c(NC=O)nc21. The number of hydrogen-bond donors (Lipinski definition) is 2. The van der Waals surface area contributed by atoms with E-state index in [9.17, 15) is 9.59 Å². The molecule has 0 saturated heterocycles. The minimum atomic E-state index is -0.375. The number of aromatic nitrogens is 4. The van der Waals surface area contributed by atoms with Crippen molar-refractivity contribution in [3.05, 3.63) is 16.7 Å². The van der Waals surface area contributed by atoms with Crippen molar-refractivity contribution >= 4 is 23.5 Å². The third kappa shape index (κ3) is 1.15. The molecule has 0 spiro atoms.